The zero-order chi connectivity index (χ0) is 41.0. The molecule has 6 heteroatoms. The quantitative estimate of drug-likeness (QED) is 0.109. The highest BCUT2D eigenvalue weighted by Gasteiger charge is 2.24. The van der Waals surface area contributed by atoms with Crippen LogP contribution in [0.5, 0.6) is 0 Å². The van der Waals surface area contributed by atoms with Crippen molar-refractivity contribution in [2.75, 3.05) is 14.7 Å². The SMILES string of the molecule is C=CC(=C)N(C(=C)C=C)c1ccc(N(c2ccccc2)c2ncccc2-c2cccnc2N(c2ccccc2)c2ccc(-n3c4ccccc4c4ccccc43)cc2)cc1. The van der Waals surface area contributed by atoms with E-state index < -0.39 is 0 Å². The average molecular weight is 775 g/mol. The Bertz CT molecular complexity index is 2930. The van der Waals surface area contributed by atoms with Crippen molar-refractivity contribution in [3.63, 3.8) is 0 Å². The molecule has 9 aromatic rings. The molecule has 0 aliphatic carbocycles. The molecule has 0 unspecified atom stereocenters. The van der Waals surface area contributed by atoms with Gasteiger partial charge in [-0.25, -0.2) is 9.97 Å². The second-order valence-corrected chi connectivity index (χ2v) is 14.2. The van der Waals surface area contributed by atoms with Gasteiger partial charge < -0.3 is 9.47 Å². The summed E-state index contributed by atoms with van der Waals surface area (Å²) in [6.45, 7) is 16.3. The van der Waals surface area contributed by atoms with Gasteiger partial charge in [-0.1, -0.05) is 99.1 Å². The Kier molecular flexibility index (Phi) is 10.2. The van der Waals surface area contributed by atoms with Crippen LogP contribution in [0.25, 0.3) is 38.6 Å². The van der Waals surface area contributed by atoms with Gasteiger partial charge >= 0.3 is 0 Å². The summed E-state index contributed by atoms with van der Waals surface area (Å²) < 4.78 is 2.34. The molecule has 0 aliphatic heterocycles. The Morgan fingerprint density at radius 1 is 0.417 bits per heavy atom. The van der Waals surface area contributed by atoms with E-state index in [1.54, 1.807) is 12.2 Å². The van der Waals surface area contributed by atoms with Crippen molar-refractivity contribution in [1.82, 2.24) is 14.5 Å². The third kappa shape index (κ3) is 6.82. The largest absolute Gasteiger partial charge is 0.312 e. The number of pyridine rings is 2. The second kappa shape index (κ2) is 16.3. The van der Waals surface area contributed by atoms with Crippen molar-refractivity contribution >= 4 is 61.9 Å². The molecule has 3 heterocycles. The second-order valence-electron chi connectivity index (χ2n) is 14.2. The van der Waals surface area contributed by atoms with E-state index in [0.717, 1.165) is 56.9 Å². The molecular weight excluding hydrogens is 733 g/mol. The minimum atomic E-state index is 0.702. The third-order valence-corrected chi connectivity index (χ3v) is 10.7. The van der Waals surface area contributed by atoms with Gasteiger partial charge in [0.1, 0.15) is 11.6 Å². The maximum atomic E-state index is 5.12. The van der Waals surface area contributed by atoms with Crippen molar-refractivity contribution in [2.24, 2.45) is 0 Å². The number of anilines is 7. The van der Waals surface area contributed by atoms with E-state index in [2.05, 4.69) is 174 Å². The summed E-state index contributed by atoms with van der Waals surface area (Å²) in [4.78, 5) is 16.5. The maximum absolute atomic E-state index is 5.12. The summed E-state index contributed by atoms with van der Waals surface area (Å²) in [7, 11) is 0. The van der Waals surface area contributed by atoms with E-state index in [-0.39, 0.29) is 0 Å². The van der Waals surface area contributed by atoms with Crippen LogP contribution in [-0.4, -0.2) is 14.5 Å². The number of rotatable bonds is 13. The number of hydrogen-bond acceptors (Lipinski definition) is 5. The lowest BCUT2D eigenvalue weighted by Gasteiger charge is -2.30. The predicted octanol–water partition coefficient (Wildman–Crippen LogP) is 14.4. The molecule has 60 heavy (non-hydrogen) atoms. The molecule has 0 saturated carbocycles. The summed E-state index contributed by atoms with van der Waals surface area (Å²) in [5, 5.41) is 2.46. The molecule has 3 aromatic heterocycles. The van der Waals surface area contributed by atoms with Crippen LogP contribution in [-0.2, 0) is 0 Å². The fraction of sp³-hybridized carbons (Fsp3) is 0. The lowest BCUT2D eigenvalue weighted by molar-refractivity contribution is 1.14. The van der Waals surface area contributed by atoms with Crippen LogP contribution >= 0.6 is 0 Å². The lowest BCUT2D eigenvalue weighted by atomic mass is 10.0. The fourth-order valence-corrected chi connectivity index (χ4v) is 7.91. The van der Waals surface area contributed by atoms with Crippen LogP contribution in [0.4, 0.5) is 40.1 Å². The average Bonchev–Trinajstić information content (AvgIpc) is 3.65. The van der Waals surface area contributed by atoms with Crippen molar-refractivity contribution in [2.45, 2.75) is 0 Å². The molecule has 0 fully saturated rings. The first kappa shape index (κ1) is 37.4. The molecule has 0 spiro atoms. The van der Waals surface area contributed by atoms with Crippen LogP contribution in [0.1, 0.15) is 0 Å². The van der Waals surface area contributed by atoms with Gasteiger partial charge in [0.2, 0.25) is 0 Å². The Balaban J connectivity index is 1.17. The minimum absolute atomic E-state index is 0.702. The van der Waals surface area contributed by atoms with Crippen LogP contribution in [0, 0.1) is 0 Å². The molecule has 0 amide bonds. The Labute approximate surface area is 350 Å². The smallest absolute Gasteiger partial charge is 0.145 e. The Morgan fingerprint density at radius 2 is 0.800 bits per heavy atom. The Morgan fingerprint density at radius 3 is 1.25 bits per heavy atom. The number of benzene rings is 6. The van der Waals surface area contributed by atoms with E-state index >= 15 is 0 Å². The molecule has 0 N–H and O–H groups in total. The molecule has 0 atom stereocenters. The van der Waals surface area contributed by atoms with Gasteiger partial charge in [0.25, 0.3) is 0 Å². The number of hydrogen-bond donors (Lipinski definition) is 0. The van der Waals surface area contributed by atoms with Gasteiger partial charge in [-0.3, -0.25) is 9.80 Å². The molecule has 288 valence electrons. The van der Waals surface area contributed by atoms with Crippen molar-refractivity contribution in [3.05, 3.63) is 244 Å². The van der Waals surface area contributed by atoms with E-state index in [0.29, 0.717) is 11.4 Å². The van der Waals surface area contributed by atoms with Crippen molar-refractivity contribution in [3.8, 4) is 16.8 Å². The fourth-order valence-electron chi connectivity index (χ4n) is 7.91. The zero-order valence-corrected chi connectivity index (χ0v) is 33.1. The van der Waals surface area contributed by atoms with Gasteiger partial charge in [-0.05, 0) is 121 Å². The highest BCUT2D eigenvalue weighted by atomic mass is 15.2. The minimum Gasteiger partial charge on any atom is -0.312 e. The first-order valence-electron chi connectivity index (χ1n) is 19.8. The van der Waals surface area contributed by atoms with E-state index in [9.17, 15) is 0 Å². The molecule has 6 nitrogen and oxygen atoms in total. The first-order chi connectivity index (χ1) is 29.6. The van der Waals surface area contributed by atoms with E-state index in [4.69, 9.17) is 9.97 Å². The summed E-state index contributed by atoms with van der Waals surface area (Å²) in [6, 6.07) is 63.1. The topological polar surface area (TPSA) is 40.4 Å². The summed E-state index contributed by atoms with van der Waals surface area (Å²) >= 11 is 0. The predicted molar refractivity (Wildman–Crippen MR) is 252 cm³/mol. The van der Waals surface area contributed by atoms with E-state index in [1.807, 2.05) is 65.8 Å². The molecular formula is C54H42N6. The number of aromatic nitrogens is 3. The molecule has 0 radical (unpaired) electrons. The normalized spacial score (nSPS) is 10.9. The molecule has 6 aromatic carbocycles. The molecule has 0 bridgehead atoms. The van der Waals surface area contributed by atoms with Gasteiger partial charge in [-0.15, -0.1) is 0 Å². The van der Waals surface area contributed by atoms with Gasteiger partial charge in [-0.2, -0.15) is 0 Å². The van der Waals surface area contributed by atoms with Gasteiger partial charge in [0, 0.05) is 79.8 Å². The van der Waals surface area contributed by atoms with Gasteiger partial charge in [0.05, 0.1) is 11.0 Å². The van der Waals surface area contributed by atoms with E-state index in [1.165, 1.54) is 21.8 Å². The third-order valence-electron chi connectivity index (χ3n) is 10.7. The monoisotopic (exact) mass is 774 g/mol. The number of allylic oxidation sites excluding steroid dienone is 2. The Hall–Kier alpha value is -8.22. The number of fused-ring (bicyclic) bond motifs is 3. The van der Waals surface area contributed by atoms with Crippen LogP contribution in [0.15, 0.2) is 244 Å². The van der Waals surface area contributed by atoms with Crippen LogP contribution in [0.2, 0.25) is 0 Å². The number of nitrogens with zero attached hydrogens (tertiary/aromatic N) is 6. The van der Waals surface area contributed by atoms with Crippen molar-refractivity contribution in [1.29, 1.82) is 0 Å². The molecule has 0 saturated heterocycles. The highest BCUT2D eigenvalue weighted by molar-refractivity contribution is 6.09. The summed E-state index contributed by atoms with van der Waals surface area (Å²) in [5.41, 5.74) is 11.4. The zero-order valence-electron chi connectivity index (χ0n) is 33.1. The standard InChI is InChI=1S/C54H42N6/c1-5-39(3)57(40(4)6-2)43-29-31-44(32-30-43)58(41-19-9-7-10-20-41)53-49(25-17-37-55-53)50-26-18-38-56-54(50)59(42-21-11-8-12-22-42)45-33-35-46(36-34-45)60-51-27-15-13-23-47(51)48-24-14-16-28-52(48)60/h5-38H,1-4H2. The van der Waals surface area contributed by atoms with Gasteiger partial charge in [0.15, 0.2) is 0 Å². The number of para-hydroxylation sites is 4. The summed E-state index contributed by atoms with van der Waals surface area (Å²) in [5.74, 6) is 1.52. The van der Waals surface area contributed by atoms with Crippen LogP contribution < -0.4 is 14.7 Å². The lowest BCUT2D eigenvalue weighted by Crippen LogP contribution is -2.18. The maximum Gasteiger partial charge on any atom is 0.145 e. The molecule has 0 aliphatic rings. The first-order valence-corrected chi connectivity index (χ1v) is 19.8. The van der Waals surface area contributed by atoms with Crippen molar-refractivity contribution < 1.29 is 0 Å². The highest BCUT2D eigenvalue weighted by Crippen LogP contribution is 2.45. The summed E-state index contributed by atoms with van der Waals surface area (Å²) in [6.07, 6.45) is 7.11. The molecule has 9 rings (SSSR count). The van der Waals surface area contributed by atoms with Crippen LogP contribution in [0.3, 0.4) is 0 Å².